The van der Waals surface area contributed by atoms with E-state index in [4.69, 9.17) is 11.1 Å². The van der Waals surface area contributed by atoms with Crippen molar-refractivity contribution in [3.05, 3.63) is 0 Å². The maximum absolute atomic E-state index is 10.9. The predicted octanol–water partition coefficient (Wildman–Crippen LogP) is 0.650. The monoisotopic (exact) mass is 265 g/mol. The third kappa shape index (κ3) is 4.80. The van der Waals surface area contributed by atoms with Crippen molar-refractivity contribution in [1.29, 1.82) is 5.41 Å². The molecule has 6 nitrogen and oxygen atoms in total. The number of hydrogen-bond donors (Lipinski definition) is 2. The van der Waals surface area contributed by atoms with E-state index in [1.807, 2.05) is 0 Å². The quantitative estimate of drug-likeness (QED) is 0.338. The second-order valence-electron chi connectivity index (χ2n) is 2.34. The summed E-state index contributed by atoms with van der Waals surface area (Å²) in [6.45, 7) is 2.02. The Morgan fingerprint density at radius 3 is 2.50 bits per heavy atom. The molecule has 0 aromatic rings. The number of carbonyl (C=O) groups excluding carboxylic acids is 2. The highest BCUT2D eigenvalue weighted by atomic mass is 79.9. The zero-order valence-corrected chi connectivity index (χ0v) is 9.33. The van der Waals surface area contributed by atoms with Crippen LogP contribution in [0.25, 0.3) is 0 Å². The number of halogens is 1. The van der Waals surface area contributed by atoms with Gasteiger partial charge in [-0.15, -0.1) is 0 Å². The maximum atomic E-state index is 10.9. The van der Waals surface area contributed by atoms with E-state index in [2.05, 4.69) is 20.7 Å². The number of primary amides is 1. The lowest BCUT2D eigenvalue weighted by molar-refractivity contribution is -0.143. The standard InChI is InChI=1S/C7H12BrN3O3/c1-2-14-5(12)3-4-11(6(8)9)7(10)13/h9H,2-4H2,1H3,(H2,10,13). The summed E-state index contributed by atoms with van der Waals surface area (Å²) in [7, 11) is 0. The van der Waals surface area contributed by atoms with E-state index in [0.29, 0.717) is 6.61 Å². The summed E-state index contributed by atoms with van der Waals surface area (Å²) in [5.41, 5.74) is 4.96. The number of urea groups is 1. The van der Waals surface area contributed by atoms with Gasteiger partial charge >= 0.3 is 12.0 Å². The Hall–Kier alpha value is -1.11. The van der Waals surface area contributed by atoms with Crippen LogP contribution in [0.2, 0.25) is 0 Å². The van der Waals surface area contributed by atoms with E-state index in [-0.39, 0.29) is 17.7 Å². The van der Waals surface area contributed by atoms with Crippen LogP contribution in [-0.4, -0.2) is 34.8 Å². The van der Waals surface area contributed by atoms with Crippen LogP contribution in [0.1, 0.15) is 13.3 Å². The minimum Gasteiger partial charge on any atom is -0.466 e. The highest BCUT2D eigenvalue weighted by molar-refractivity contribution is 9.18. The van der Waals surface area contributed by atoms with Gasteiger partial charge in [0.15, 0.2) is 4.74 Å². The van der Waals surface area contributed by atoms with Crippen molar-refractivity contribution in [2.75, 3.05) is 13.2 Å². The highest BCUT2D eigenvalue weighted by Crippen LogP contribution is 1.99. The molecule has 0 fully saturated rings. The number of amidine groups is 1. The Morgan fingerprint density at radius 2 is 2.14 bits per heavy atom. The van der Waals surface area contributed by atoms with Gasteiger partial charge in [0.2, 0.25) is 0 Å². The molecule has 2 amide bonds. The number of rotatable bonds is 4. The molecule has 0 rings (SSSR count). The maximum Gasteiger partial charge on any atom is 0.320 e. The molecule has 80 valence electrons. The van der Waals surface area contributed by atoms with E-state index >= 15 is 0 Å². The fourth-order valence-corrected chi connectivity index (χ4v) is 1.09. The van der Waals surface area contributed by atoms with Crippen LogP contribution in [0.3, 0.4) is 0 Å². The average molecular weight is 266 g/mol. The normalized spacial score (nSPS) is 9.29. The molecular weight excluding hydrogens is 254 g/mol. The van der Waals surface area contributed by atoms with Gasteiger partial charge in [0, 0.05) is 6.54 Å². The van der Waals surface area contributed by atoms with Crippen molar-refractivity contribution >= 4 is 32.7 Å². The van der Waals surface area contributed by atoms with Crippen molar-refractivity contribution in [2.45, 2.75) is 13.3 Å². The van der Waals surface area contributed by atoms with Crippen LogP contribution >= 0.6 is 15.9 Å². The van der Waals surface area contributed by atoms with Crippen LogP contribution in [-0.2, 0) is 9.53 Å². The predicted molar refractivity (Wildman–Crippen MR) is 54.2 cm³/mol. The second-order valence-corrected chi connectivity index (χ2v) is 3.09. The van der Waals surface area contributed by atoms with Gasteiger partial charge < -0.3 is 10.5 Å². The average Bonchev–Trinajstić information content (AvgIpc) is 2.03. The number of nitrogens with zero attached hydrogens (tertiary/aromatic N) is 1. The zero-order valence-electron chi connectivity index (χ0n) is 7.75. The summed E-state index contributed by atoms with van der Waals surface area (Å²) in [6, 6.07) is -0.781. The molecule has 0 atom stereocenters. The fraction of sp³-hybridized carbons (Fsp3) is 0.571. The van der Waals surface area contributed by atoms with Gasteiger partial charge in [-0.3, -0.25) is 15.1 Å². The van der Waals surface area contributed by atoms with Gasteiger partial charge in [-0.1, -0.05) is 0 Å². The van der Waals surface area contributed by atoms with Crippen LogP contribution < -0.4 is 5.73 Å². The summed E-state index contributed by atoms with van der Waals surface area (Å²) < 4.78 is 4.48. The van der Waals surface area contributed by atoms with Crippen molar-refractivity contribution < 1.29 is 14.3 Å². The lowest BCUT2D eigenvalue weighted by atomic mass is 10.4. The van der Waals surface area contributed by atoms with E-state index in [9.17, 15) is 9.59 Å². The smallest absolute Gasteiger partial charge is 0.320 e. The number of nitrogens with one attached hydrogen (secondary N) is 1. The first-order chi connectivity index (χ1) is 6.49. The molecule has 7 heteroatoms. The molecule has 0 aliphatic carbocycles. The second kappa shape index (κ2) is 6.36. The molecule has 3 N–H and O–H groups in total. The molecule has 0 unspecified atom stereocenters. The number of hydrogen-bond acceptors (Lipinski definition) is 4. The SMILES string of the molecule is CCOC(=O)CCN(C(=N)Br)C(N)=O. The molecule has 0 bridgehead atoms. The van der Waals surface area contributed by atoms with Crippen molar-refractivity contribution in [3.8, 4) is 0 Å². The number of amides is 2. The first kappa shape index (κ1) is 12.9. The summed E-state index contributed by atoms with van der Waals surface area (Å²) in [5.74, 6) is -0.424. The zero-order chi connectivity index (χ0) is 11.1. The molecule has 0 radical (unpaired) electrons. The Morgan fingerprint density at radius 1 is 1.57 bits per heavy atom. The van der Waals surface area contributed by atoms with E-state index in [0.717, 1.165) is 4.90 Å². The van der Waals surface area contributed by atoms with Crippen molar-refractivity contribution in [2.24, 2.45) is 5.73 Å². The minimum atomic E-state index is -0.781. The van der Waals surface area contributed by atoms with Crippen molar-refractivity contribution in [1.82, 2.24) is 4.90 Å². The number of ether oxygens (including phenoxy) is 1. The Balaban J connectivity index is 4.01. The van der Waals surface area contributed by atoms with Gasteiger partial charge in [-0.2, -0.15) is 0 Å². The minimum absolute atomic E-state index is 0.0186. The lowest BCUT2D eigenvalue weighted by Crippen LogP contribution is -2.39. The third-order valence-electron chi connectivity index (χ3n) is 1.35. The molecule has 0 aromatic carbocycles. The van der Waals surface area contributed by atoms with Gasteiger partial charge in [-0.05, 0) is 22.9 Å². The first-order valence-electron chi connectivity index (χ1n) is 3.95. The summed E-state index contributed by atoms with van der Waals surface area (Å²) >= 11 is 2.79. The summed E-state index contributed by atoms with van der Waals surface area (Å²) in [6.07, 6.45) is 0.0186. The Kier molecular flexibility index (Phi) is 5.86. The van der Waals surface area contributed by atoms with Gasteiger partial charge in [0.05, 0.1) is 13.0 Å². The highest BCUT2D eigenvalue weighted by Gasteiger charge is 2.14. The van der Waals surface area contributed by atoms with E-state index in [1.165, 1.54) is 0 Å². The molecule has 0 aromatic heterocycles. The molecule has 0 aliphatic heterocycles. The van der Waals surface area contributed by atoms with Crippen molar-refractivity contribution in [3.63, 3.8) is 0 Å². The lowest BCUT2D eigenvalue weighted by Gasteiger charge is -2.16. The topological polar surface area (TPSA) is 96.5 Å². The third-order valence-corrected chi connectivity index (χ3v) is 1.78. The van der Waals surface area contributed by atoms with E-state index < -0.39 is 12.0 Å². The van der Waals surface area contributed by atoms with Crippen LogP contribution in [0.15, 0.2) is 0 Å². The Labute approximate surface area is 90.0 Å². The number of nitrogens with two attached hydrogens (primary N) is 1. The fourth-order valence-electron chi connectivity index (χ4n) is 0.741. The van der Waals surface area contributed by atoms with Gasteiger partial charge in [-0.25, -0.2) is 4.79 Å². The van der Waals surface area contributed by atoms with Crippen LogP contribution in [0.4, 0.5) is 4.79 Å². The molecule has 0 spiro atoms. The summed E-state index contributed by atoms with van der Waals surface area (Å²) in [4.78, 5) is 22.6. The molecular formula is C7H12BrN3O3. The molecule has 0 aliphatic rings. The van der Waals surface area contributed by atoms with Crippen LogP contribution in [0.5, 0.6) is 0 Å². The first-order valence-corrected chi connectivity index (χ1v) is 4.75. The van der Waals surface area contributed by atoms with Crippen LogP contribution in [0, 0.1) is 5.41 Å². The molecule has 0 saturated carbocycles. The molecule has 14 heavy (non-hydrogen) atoms. The molecule has 0 saturated heterocycles. The van der Waals surface area contributed by atoms with Gasteiger partial charge in [0.1, 0.15) is 0 Å². The number of carbonyl (C=O) groups is 2. The largest absolute Gasteiger partial charge is 0.466 e. The number of esters is 1. The molecule has 0 heterocycles. The summed E-state index contributed by atoms with van der Waals surface area (Å²) in [5, 5.41) is 7.12. The van der Waals surface area contributed by atoms with Gasteiger partial charge in [0.25, 0.3) is 0 Å². The van der Waals surface area contributed by atoms with E-state index in [1.54, 1.807) is 6.92 Å². The Bertz CT molecular complexity index is 230.